The summed E-state index contributed by atoms with van der Waals surface area (Å²) in [4.78, 5) is 22.4. The monoisotopic (exact) mass is 383 g/mol. The van der Waals surface area contributed by atoms with Crippen LogP contribution in [-0.4, -0.2) is 23.4 Å². The predicted molar refractivity (Wildman–Crippen MR) is 114 cm³/mol. The second-order valence-electron chi connectivity index (χ2n) is 6.71. The average molecular weight is 383 g/mol. The van der Waals surface area contributed by atoms with Crippen molar-refractivity contribution in [3.8, 4) is 5.75 Å². The lowest BCUT2D eigenvalue weighted by atomic mass is 10.0. The summed E-state index contributed by atoms with van der Waals surface area (Å²) in [6, 6.07) is 21.4. The largest absolute Gasteiger partial charge is 0.495 e. The molecule has 0 aliphatic rings. The van der Waals surface area contributed by atoms with Crippen LogP contribution in [0.25, 0.3) is 10.8 Å². The third kappa shape index (κ3) is 4.09. The molecule has 2 aromatic heterocycles. The highest BCUT2D eigenvalue weighted by Crippen LogP contribution is 2.38. The molecule has 0 amide bonds. The van der Waals surface area contributed by atoms with E-state index in [2.05, 4.69) is 14.9 Å². The second-order valence-corrected chi connectivity index (χ2v) is 6.71. The van der Waals surface area contributed by atoms with Crippen molar-refractivity contribution in [1.82, 2.24) is 9.97 Å². The van der Waals surface area contributed by atoms with Crippen molar-refractivity contribution in [2.45, 2.75) is 13.1 Å². The van der Waals surface area contributed by atoms with E-state index >= 15 is 0 Å². The zero-order chi connectivity index (χ0) is 20.1. The van der Waals surface area contributed by atoms with Gasteiger partial charge in [0.1, 0.15) is 12.0 Å². The Morgan fingerprint density at radius 1 is 0.897 bits per heavy atom. The van der Waals surface area contributed by atoms with Gasteiger partial charge in [0.15, 0.2) is 0 Å². The van der Waals surface area contributed by atoms with Gasteiger partial charge in [-0.2, -0.15) is 0 Å². The molecule has 0 unspecified atom stereocenters. The number of hydrogen-bond donors (Lipinski definition) is 0. The lowest BCUT2D eigenvalue weighted by Crippen LogP contribution is -2.24. The van der Waals surface area contributed by atoms with Crippen molar-refractivity contribution in [2.24, 2.45) is 0 Å². The number of nitrogens with zero attached hydrogens (tertiary/aromatic N) is 3. The summed E-state index contributed by atoms with van der Waals surface area (Å²) in [5.41, 5.74) is 3.51. The molecular formula is C24H21N3O2. The van der Waals surface area contributed by atoms with Crippen LogP contribution >= 0.6 is 0 Å². The second kappa shape index (κ2) is 8.52. The average Bonchev–Trinajstić information content (AvgIpc) is 2.79. The molecule has 4 rings (SSSR count). The molecule has 0 aliphatic heterocycles. The van der Waals surface area contributed by atoms with Crippen molar-refractivity contribution in [3.05, 3.63) is 96.1 Å². The van der Waals surface area contributed by atoms with E-state index in [-0.39, 0.29) is 0 Å². The summed E-state index contributed by atoms with van der Waals surface area (Å²) in [5.74, 6) is 0.767. The zero-order valence-corrected chi connectivity index (χ0v) is 16.2. The van der Waals surface area contributed by atoms with Crippen LogP contribution in [0.5, 0.6) is 5.75 Å². The summed E-state index contributed by atoms with van der Waals surface area (Å²) in [7, 11) is 1.67. The molecule has 0 atom stereocenters. The Labute approximate surface area is 169 Å². The lowest BCUT2D eigenvalue weighted by molar-refractivity contribution is 0.112. The molecule has 0 radical (unpaired) electrons. The van der Waals surface area contributed by atoms with Crippen LogP contribution in [-0.2, 0) is 13.1 Å². The van der Waals surface area contributed by atoms with E-state index in [1.54, 1.807) is 19.5 Å². The first kappa shape index (κ1) is 18.6. The summed E-state index contributed by atoms with van der Waals surface area (Å²) in [5, 5.41) is 2.00. The molecule has 5 nitrogen and oxygen atoms in total. The SMILES string of the molecule is COc1ccc2cc(C=O)ccc2c1N(Cc1ccccn1)Cc1ccccn1. The number of benzene rings is 2. The lowest BCUT2D eigenvalue weighted by Gasteiger charge is -2.27. The minimum absolute atomic E-state index is 0.600. The number of carbonyl (C=O) groups excluding carboxylic acids is 1. The van der Waals surface area contributed by atoms with Crippen molar-refractivity contribution >= 4 is 22.7 Å². The van der Waals surface area contributed by atoms with Crippen molar-refractivity contribution in [1.29, 1.82) is 0 Å². The maximum absolute atomic E-state index is 11.2. The van der Waals surface area contributed by atoms with Gasteiger partial charge in [0.05, 0.1) is 37.3 Å². The molecule has 4 aromatic rings. The maximum atomic E-state index is 11.2. The number of ether oxygens (including phenoxy) is 1. The number of aldehydes is 1. The van der Waals surface area contributed by atoms with Gasteiger partial charge in [-0.3, -0.25) is 14.8 Å². The first-order chi connectivity index (χ1) is 14.3. The zero-order valence-electron chi connectivity index (χ0n) is 16.2. The van der Waals surface area contributed by atoms with E-state index in [4.69, 9.17) is 4.74 Å². The predicted octanol–water partition coefficient (Wildman–Crippen LogP) is 4.66. The van der Waals surface area contributed by atoms with Crippen molar-refractivity contribution in [3.63, 3.8) is 0 Å². The maximum Gasteiger partial charge on any atom is 0.150 e. The van der Waals surface area contributed by atoms with Crippen LogP contribution in [0.1, 0.15) is 21.7 Å². The molecule has 0 bridgehead atoms. The number of pyridine rings is 2. The molecule has 2 heterocycles. The molecule has 5 heteroatoms. The third-order valence-corrected chi connectivity index (χ3v) is 4.81. The Kier molecular flexibility index (Phi) is 5.47. The molecule has 0 saturated carbocycles. The molecule has 2 aromatic carbocycles. The number of methoxy groups -OCH3 is 1. The smallest absolute Gasteiger partial charge is 0.150 e. The van der Waals surface area contributed by atoms with Crippen molar-refractivity contribution in [2.75, 3.05) is 12.0 Å². The van der Waals surface area contributed by atoms with Crippen LogP contribution in [0.3, 0.4) is 0 Å². The van der Waals surface area contributed by atoms with Crippen LogP contribution in [0.15, 0.2) is 79.1 Å². The van der Waals surface area contributed by atoms with Gasteiger partial charge in [0.2, 0.25) is 0 Å². The van der Waals surface area contributed by atoms with E-state index in [0.717, 1.165) is 39.9 Å². The van der Waals surface area contributed by atoms with Crippen LogP contribution < -0.4 is 9.64 Å². The first-order valence-corrected chi connectivity index (χ1v) is 9.39. The number of rotatable bonds is 7. The van der Waals surface area contributed by atoms with E-state index in [0.29, 0.717) is 18.7 Å². The Bertz CT molecular complexity index is 1070. The standard InChI is InChI=1S/C24H21N3O2/c1-29-23-11-9-19-14-18(17-28)8-10-22(19)24(23)27(15-20-6-2-4-12-25-20)16-21-7-3-5-13-26-21/h2-14,17H,15-16H2,1H3. The Morgan fingerprint density at radius 3 is 2.14 bits per heavy atom. The van der Waals surface area contributed by atoms with Crippen LogP contribution in [0.2, 0.25) is 0 Å². The van der Waals surface area contributed by atoms with Gasteiger partial charge in [-0.05, 0) is 41.8 Å². The first-order valence-electron chi connectivity index (χ1n) is 9.39. The molecule has 0 fully saturated rings. The highest BCUT2D eigenvalue weighted by molar-refractivity contribution is 5.99. The van der Waals surface area contributed by atoms with Crippen LogP contribution in [0.4, 0.5) is 5.69 Å². The van der Waals surface area contributed by atoms with E-state index in [1.165, 1.54) is 0 Å². The highest BCUT2D eigenvalue weighted by atomic mass is 16.5. The van der Waals surface area contributed by atoms with Gasteiger partial charge in [0.25, 0.3) is 0 Å². The molecule has 0 spiro atoms. The number of hydrogen-bond acceptors (Lipinski definition) is 5. The third-order valence-electron chi connectivity index (χ3n) is 4.81. The molecule has 144 valence electrons. The van der Waals surface area contributed by atoms with Gasteiger partial charge in [0, 0.05) is 23.3 Å². The summed E-state index contributed by atoms with van der Waals surface area (Å²) in [6.45, 7) is 1.20. The minimum Gasteiger partial charge on any atom is -0.495 e. The summed E-state index contributed by atoms with van der Waals surface area (Å²) in [6.07, 6.45) is 4.46. The fourth-order valence-corrected chi connectivity index (χ4v) is 3.46. The van der Waals surface area contributed by atoms with E-state index in [1.807, 2.05) is 66.7 Å². The normalized spacial score (nSPS) is 10.7. The number of carbonyl (C=O) groups is 1. The quantitative estimate of drug-likeness (QED) is 0.435. The van der Waals surface area contributed by atoms with Crippen molar-refractivity contribution < 1.29 is 9.53 Å². The molecule has 0 aliphatic carbocycles. The van der Waals surface area contributed by atoms with E-state index in [9.17, 15) is 4.79 Å². The summed E-state index contributed by atoms with van der Waals surface area (Å²) >= 11 is 0. The molecule has 0 N–H and O–H groups in total. The van der Waals surface area contributed by atoms with Gasteiger partial charge < -0.3 is 9.64 Å². The number of anilines is 1. The molecular weight excluding hydrogens is 362 g/mol. The fourth-order valence-electron chi connectivity index (χ4n) is 3.46. The van der Waals surface area contributed by atoms with Crippen LogP contribution in [0, 0.1) is 0 Å². The Morgan fingerprint density at radius 2 is 1.59 bits per heavy atom. The topological polar surface area (TPSA) is 55.3 Å². The minimum atomic E-state index is 0.600. The van der Waals surface area contributed by atoms with E-state index < -0.39 is 0 Å². The highest BCUT2D eigenvalue weighted by Gasteiger charge is 2.18. The number of aromatic nitrogens is 2. The molecule has 0 saturated heterocycles. The van der Waals surface area contributed by atoms with Gasteiger partial charge in [-0.25, -0.2) is 0 Å². The van der Waals surface area contributed by atoms with Gasteiger partial charge >= 0.3 is 0 Å². The van der Waals surface area contributed by atoms with Gasteiger partial charge in [-0.1, -0.05) is 30.3 Å². The fraction of sp³-hybridized carbons (Fsp3) is 0.125. The number of fused-ring (bicyclic) bond motifs is 1. The summed E-state index contributed by atoms with van der Waals surface area (Å²) < 4.78 is 5.71. The van der Waals surface area contributed by atoms with Gasteiger partial charge in [-0.15, -0.1) is 0 Å². The Balaban J connectivity index is 1.86. The molecule has 29 heavy (non-hydrogen) atoms. The Hall–Kier alpha value is -3.73.